The standard InChI is InChI=1S/C25H22N4O4/c26-24(27)17-7-4-8-20(15-17)33-23(16-5-2-1-3-6-16)25(32)28-18-9-11-19(12-10-18)29-21(30)13-14-22(29)31/h1-12,15,23H,13-14H2,(H3,26,27)(H,28,32). The van der Waals surface area contributed by atoms with Gasteiger partial charge in [0.1, 0.15) is 11.6 Å². The van der Waals surface area contributed by atoms with Crippen molar-refractivity contribution in [1.29, 1.82) is 5.41 Å². The number of amides is 3. The molecule has 4 rings (SSSR count). The topological polar surface area (TPSA) is 126 Å². The molecule has 3 amide bonds. The highest BCUT2D eigenvalue weighted by atomic mass is 16.5. The first-order valence-electron chi connectivity index (χ1n) is 10.3. The van der Waals surface area contributed by atoms with E-state index in [1.165, 1.54) is 0 Å². The molecule has 1 saturated heterocycles. The number of nitrogens with one attached hydrogen (secondary N) is 2. The minimum Gasteiger partial charge on any atom is -0.476 e. The number of anilines is 2. The molecule has 4 N–H and O–H groups in total. The number of rotatable bonds is 7. The summed E-state index contributed by atoms with van der Waals surface area (Å²) < 4.78 is 6.00. The third-order valence-electron chi connectivity index (χ3n) is 5.18. The first-order chi connectivity index (χ1) is 15.9. The van der Waals surface area contributed by atoms with Crippen molar-refractivity contribution in [2.45, 2.75) is 18.9 Å². The van der Waals surface area contributed by atoms with Gasteiger partial charge in [0.05, 0.1) is 5.69 Å². The van der Waals surface area contributed by atoms with Crippen LogP contribution in [0.2, 0.25) is 0 Å². The lowest BCUT2D eigenvalue weighted by Crippen LogP contribution is -2.28. The molecule has 1 heterocycles. The Hall–Kier alpha value is -4.46. The normalized spacial score (nSPS) is 14.1. The summed E-state index contributed by atoms with van der Waals surface area (Å²) in [6.07, 6.45) is -0.550. The van der Waals surface area contributed by atoms with Crippen molar-refractivity contribution in [2.24, 2.45) is 5.73 Å². The van der Waals surface area contributed by atoms with Crippen molar-refractivity contribution in [3.8, 4) is 5.75 Å². The maximum atomic E-state index is 13.2. The van der Waals surface area contributed by atoms with Gasteiger partial charge in [-0.2, -0.15) is 0 Å². The van der Waals surface area contributed by atoms with Gasteiger partial charge in [0.2, 0.25) is 17.9 Å². The molecule has 1 aliphatic heterocycles. The molecule has 8 heteroatoms. The molecule has 0 spiro atoms. The number of carbonyl (C=O) groups is 3. The molecule has 0 aromatic heterocycles. The van der Waals surface area contributed by atoms with Crippen LogP contribution in [0.3, 0.4) is 0 Å². The van der Waals surface area contributed by atoms with Crippen molar-refractivity contribution >= 4 is 34.9 Å². The molecule has 0 bridgehead atoms. The van der Waals surface area contributed by atoms with Gasteiger partial charge >= 0.3 is 0 Å². The van der Waals surface area contributed by atoms with Gasteiger partial charge in [-0.3, -0.25) is 24.7 Å². The van der Waals surface area contributed by atoms with Crippen LogP contribution in [0.4, 0.5) is 11.4 Å². The van der Waals surface area contributed by atoms with Crippen LogP contribution >= 0.6 is 0 Å². The van der Waals surface area contributed by atoms with E-state index in [1.807, 2.05) is 18.2 Å². The molecular weight excluding hydrogens is 420 g/mol. The van der Waals surface area contributed by atoms with Crippen LogP contribution in [0.5, 0.6) is 5.75 Å². The van der Waals surface area contributed by atoms with Gasteiger partial charge in [0, 0.05) is 29.7 Å². The average Bonchev–Trinajstić information content (AvgIpc) is 3.16. The SMILES string of the molecule is N=C(N)c1cccc(OC(C(=O)Nc2ccc(N3C(=O)CCC3=O)cc2)c2ccccc2)c1. The van der Waals surface area contributed by atoms with E-state index in [-0.39, 0.29) is 30.5 Å². The van der Waals surface area contributed by atoms with Crippen molar-refractivity contribution in [3.05, 3.63) is 90.0 Å². The second-order valence-corrected chi connectivity index (χ2v) is 7.51. The van der Waals surface area contributed by atoms with Crippen LogP contribution in [0.1, 0.15) is 30.1 Å². The Balaban J connectivity index is 1.54. The van der Waals surface area contributed by atoms with Crippen molar-refractivity contribution in [2.75, 3.05) is 10.2 Å². The Bertz CT molecular complexity index is 1190. The third-order valence-corrected chi connectivity index (χ3v) is 5.18. The maximum absolute atomic E-state index is 13.2. The van der Waals surface area contributed by atoms with E-state index in [0.29, 0.717) is 28.3 Å². The van der Waals surface area contributed by atoms with Crippen LogP contribution in [-0.4, -0.2) is 23.6 Å². The first kappa shape index (κ1) is 21.8. The summed E-state index contributed by atoms with van der Waals surface area (Å²) in [7, 11) is 0. The zero-order valence-corrected chi connectivity index (χ0v) is 17.7. The molecule has 3 aromatic rings. The number of imide groups is 1. The number of ether oxygens (including phenoxy) is 1. The van der Waals surface area contributed by atoms with Crippen molar-refractivity contribution in [3.63, 3.8) is 0 Å². The highest BCUT2D eigenvalue weighted by Crippen LogP contribution is 2.27. The summed E-state index contributed by atoms with van der Waals surface area (Å²) in [5.74, 6) is -0.580. The molecule has 166 valence electrons. The number of nitrogens with zero attached hydrogens (tertiary/aromatic N) is 1. The second kappa shape index (κ2) is 9.35. The van der Waals surface area contributed by atoms with E-state index in [2.05, 4.69) is 5.32 Å². The lowest BCUT2D eigenvalue weighted by Gasteiger charge is -2.20. The average molecular weight is 442 g/mol. The van der Waals surface area contributed by atoms with E-state index in [4.69, 9.17) is 15.9 Å². The molecule has 8 nitrogen and oxygen atoms in total. The second-order valence-electron chi connectivity index (χ2n) is 7.51. The molecular formula is C25H22N4O4. The summed E-state index contributed by atoms with van der Waals surface area (Å²) in [6, 6.07) is 22.2. The molecule has 0 aliphatic carbocycles. The van der Waals surface area contributed by atoms with E-state index < -0.39 is 12.0 Å². The highest BCUT2D eigenvalue weighted by molar-refractivity contribution is 6.19. The summed E-state index contributed by atoms with van der Waals surface area (Å²) >= 11 is 0. The lowest BCUT2D eigenvalue weighted by molar-refractivity contribution is -0.123. The zero-order valence-electron chi connectivity index (χ0n) is 17.7. The Kier molecular flexibility index (Phi) is 6.17. The monoisotopic (exact) mass is 442 g/mol. The van der Waals surface area contributed by atoms with E-state index in [1.54, 1.807) is 60.7 Å². The zero-order chi connectivity index (χ0) is 23.4. The van der Waals surface area contributed by atoms with Gasteiger partial charge in [-0.05, 0) is 36.4 Å². The van der Waals surface area contributed by atoms with Crippen LogP contribution in [-0.2, 0) is 14.4 Å². The third kappa shape index (κ3) is 4.90. The van der Waals surface area contributed by atoms with Crippen LogP contribution in [0.25, 0.3) is 0 Å². The number of hydrogen-bond donors (Lipinski definition) is 3. The summed E-state index contributed by atoms with van der Waals surface area (Å²) in [5, 5.41) is 10.4. The maximum Gasteiger partial charge on any atom is 0.270 e. The molecule has 1 fully saturated rings. The number of nitrogens with two attached hydrogens (primary N) is 1. The number of carbonyl (C=O) groups excluding carboxylic acids is 3. The fourth-order valence-electron chi connectivity index (χ4n) is 3.54. The number of hydrogen-bond acceptors (Lipinski definition) is 5. The number of nitrogen functional groups attached to an aromatic ring is 1. The quantitative estimate of drug-likeness (QED) is 0.294. The van der Waals surface area contributed by atoms with Gasteiger partial charge in [0.15, 0.2) is 0 Å². The Labute approximate surface area is 190 Å². The molecule has 33 heavy (non-hydrogen) atoms. The Morgan fingerprint density at radius 2 is 1.61 bits per heavy atom. The van der Waals surface area contributed by atoms with Crippen LogP contribution in [0, 0.1) is 5.41 Å². The highest BCUT2D eigenvalue weighted by Gasteiger charge is 2.30. The van der Waals surface area contributed by atoms with Crippen molar-refractivity contribution < 1.29 is 19.1 Å². The van der Waals surface area contributed by atoms with Crippen LogP contribution < -0.4 is 20.7 Å². The van der Waals surface area contributed by atoms with Gasteiger partial charge in [0.25, 0.3) is 5.91 Å². The summed E-state index contributed by atoms with van der Waals surface area (Å²) in [4.78, 5) is 38.2. The summed E-state index contributed by atoms with van der Waals surface area (Å²) in [6.45, 7) is 0. The van der Waals surface area contributed by atoms with Gasteiger partial charge in [-0.25, -0.2) is 0 Å². The fraction of sp³-hybridized carbons (Fsp3) is 0.120. The van der Waals surface area contributed by atoms with E-state index in [0.717, 1.165) is 4.90 Å². The van der Waals surface area contributed by atoms with E-state index in [9.17, 15) is 14.4 Å². The van der Waals surface area contributed by atoms with Gasteiger partial charge < -0.3 is 15.8 Å². The predicted molar refractivity (Wildman–Crippen MR) is 124 cm³/mol. The minimum absolute atomic E-state index is 0.101. The first-order valence-corrected chi connectivity index (χ1v) is 10.3. The molecule has 0 saturated carbocycles. The van der Waals surface area contributed by atoms with Gasteiger partial charge in [-0.15, -0.1) is 0 Å². The molecule has 1 aliphatic rings. The molecule has 0 radical (unpaired) electrons. The predicted octanol–water partition coefficient (Wildman–Crippen LogP) is 3.38. The minimum atomic E-state index is -0.963. The number of benzene rings is 3. The van der Waals surface area contributed by atoms with Crippen molar-refractivity contribution in [1.82, 2.24) is 0 Å². The summed E-state index contributed by atoms with van der Waals surface area (Å²) in [5.41, 5.74) is 7.66. The molecule has 3 aromatic carbocycles. The van der Waals surface area contributed by atoms with E-state index >= 15 is 0 Å². The largest absolute Gasteiger partial charge is 0.476 e. The van der Waals surface area contributed by atoms with Crippen LogP contribution in [0.15, 0.2) is 78.9 Å². The Morgan fingerprint density at radius 1 is 0.939 bits per heavy atom. The number of amidine groups is 1. The lowest BCUT2D eigenvalue weighted by atomic mass is 10.1. The molecule has 1 atom stereocenters. The fourth-order valence-corrected chi connectivity index (χ4v) is 3.54. The van der Waals surface area contributed by atoms with Gasteiger partial charge in [-0.1, -0.05) is 42.5 Å². The molecule has 1 unspecified atom stereocenters. The Morgan fingerprint density at radius 3 is 2.24 bits per heavy atom. The smallest absolute Gasteiger partial charge is 0.270 e.